The maximum atomic E-state index is 11.4. The summed E-state index contributed by atoms with van der Waals surface area (Å²) in [5, 5.41) is 10.4. The minimum Gasteiger partial charge on any atom is -0.265 e. The third-order valence-corrected chi connectivity index (χ3v) is 3.82. The van der Waals surface area contributed by atoms with Crippen molar-refractivity contribution >= 4 is 33.6 Å². The standard InChI is InChI=1S/C15H11N3OS/c1-10-14(19)16-15(18-17-10)20-9-12-7-4-6-11-5-2-3-8-13(11)12/h2-8H,1,9H2. The van der Waals surface area contributed by atoms with E-state index in [-0.39, 0.29) is 5.70 Å². The second-order valence-corrected chi connectivity index (χ2v) is 5.22. The van der Waals surface area contributed by atoms with Crippen LogP contribution in [0.3, 0.4) is 0 Å². The first-order chi connectivity index (χ1) is 9.74. The first kappa shape index (κ1) is 12.7. The van der Waals surface area contributed by atoms with Crippen molar-refractivity contribution in [3.8, 4) is 0 Å². The molecule has 0 N–H and O–H groups in total. The van der Waals surface area contributed by atoms with Gasteiger partial charge in [0.15, 0.2) is 0 Å². The lowest BCUT2D eigenvalue weighted by Crippen LogP contribution is -2.04. The van der Waals surface area contributed by atoms with Gasteiger partial charge in [-0.2, -0.15) is 4.99 Å². The molecule has 0 spiro atoms. The Labute approximate surface area is 120 Å². The number of carbonyl (C=O) groups is 1. The molecule has 1 aliphatic rings. The zero-order valence-electron chi connectivity index (χ0n) is 10.6. The quantitative estimate of drug-likeness (QED) is 0.783. The van der Waals surface area contributed by atoms with Crippen LogP contribution in [-0.4, -0.2) is 11.1 Å². The average Bonchev–Trinajstić information content (AvgIpc) is 2.48. The van der Waals surface area contributed by atoms with Gasteiger partial charge in [-0.05, 0) is 16.3 Å². The molecule has 0 aliphatic carbocycles. The van der Waals surface area contributed by atoms with Crippen molar-refractivity contribution in [2.24, 2.45) is 15.2 Å². The predicted octanol–water partition coefficient (Wildman–Crippen LogP) is 3.94. The number of amidine groups is 1. The van der Waals surface area contributed by atoms with Crippen LogP contribution in [0.15, 0.2) is 70.0 Å². The first-order valence-corrected chi connectivity index (χ1v) is 7.06. The molecular weight excluding hydrogens is 270 g/mol. The number of thioether (sulfide) groups is 1. The molecule has 1 aliphatic heterocycles. The monoisotopic (exact) mass is 281 g/mol. The molecule has 0 radical (unpaired) electrons. The highest BCUT2D eigenvalue weighted by atomic mass is 32.2. The van der Waals surface area contributed by atoms with E-state index in [4.69, 9.17) is 0 Å². The van der Waals surface area contributed by atoms with Gasteiger partial charge in [0.2, 0.25) is 5.17 Å². The van der Waals surface area contributed by atoms with Gasteiger partial charge in [-0.25, -0.2) is 0 Å². The Hall–Kier alpha value is -2.27. The topological polar surface area (TPSA) is 54.1 Å². The van der Waals surface area contributed by atoms with E-state index in [2.05, 4.69) is 46.1 Å². The number of benzene rings is 2. The van der Waals surface area contributed by atoms with Crippen molar-refractivity contribution in [3.63, 3.8) is 0 Å². The highest BCUT2D eigenvalue weighted by molar-refractivity contribution is 8.13. The number of aliphatic imine (C=N–C) groups is 1. The lowest BCUT2D eigenvalue weighted by molar-refractivity contribution is -0.114. The zero-order chi connectivity index (χ0) is 13.9. The molecule has 0 unspecified atom stereocenters. The van der Waals surface area contributed by atoms with Crippen molar-refractivity contribution in [3.05, 3.63) is 60.3 Å². The smallest absolute Gasteiger partial charge is 0.265 e. The number of rotatable bonds is 2. The van der Waals surface area contributed by atoms with E-state index in [1.54, 1.807) is 0 Å². The predicted molar refractivity (Wildman–Crippen MR) is 81.7 cm³/mol. The Kier molecular flexibility index (Phi) is 3.43. The lowest BCUT2D eigenvalue weighted by Gasteiger charge is -2.07. The van der Waals surface area contributed by atoms with Gasteiger partial charge in [0.05, 0.1) is 0 Å². The van der Waals surface area contributed by atoms with E-state index >= 15 is 0 Å². The molecule has 1 heterocycles. The molecule has 3 rings (SSSR count). The first-order valence-electron chi connectivity index (χ1n) is 6.07. The summed E-state index contributed by atoms with van der Waals surface area (Å²) >= 11 is 1.40. The molecular formula is C15H11N3OS. The molecule has 0 saturated heterocycles. The van der Waals surface area contributed by atoms with E-state index in [0.29, 0.717) is 10.9 Å². The largest absolute Gasteiger partial charge is 0.299 e. The molecule has 2 aromatic rings. The summed E-state index contributed by atoms with van der Waals surface area (Å²) in [4.78, 5) is 15.2. The van der Waals surface area contributed by atoms with Crippen LogP contribution in [0, 0.1) is 0 Å². The molecule has 4 nitrogen and oxygen atoms in total. The minimum absolute atomic E-state index is 0.0829. The number of carbonyl (C=O) groups excluding carboxylic acids is 1. The maximum absolute atomic E-state index is 11.4. The number of hydrogen-bond donors (Lipinski definition) is 0. The number of azo groups is 1. The van der Waals surface area contributed by atoms with Crippen molar-refractivity contribution in [2.75, 3.05) is 0 Å². The molecule has 98 valence electrons. The second kappa shape index (κ2) is 5.38. The average molecular weight is 281 g/mol. The van der Waals surface area contributed by atoms with Crippen LogP contribution in [0.4, 0.5) is 0 Å². The van der Waals surface area contributed by atoms with Crippen LogP contribution >= 0.6 is 11.8 Å². The number of hydrogen-bond acceptors (Lipinski definition) is 4. The van der Waals surface area contributed by atoms with Gasteiger partial charge in [-0.15, -0.1) is 10.2 Å². The summed E-state index contributed by atoms with van der Waals surface area (Å²) in [6.07, 6.45) is 0. The molecule has 0 bridgehead atoms. The van der Waals surface area contributed by atoms with Crippen LogP contribution in [0.25, 0.3) is 10.8 Å². The fourth-order valence-corrected chi connectivity index (χ4v) is 2.72. The summed E-state index contributed by atoms with van der Waals surface area (Å²) in [6, 6.07) is 14.4. The van der Waals surface area contributed by atoms with Crippen molar-refractivity contribution < 1.29 is 4.79 Å². The van der Waals surface area contributed by atoms with Gasteiger partial charge in [0, 0.05) is 5.75 Å². The molecule has 5 heteroatoms. The molecule has 1 amide bonds. The van der Waals surface area contributed by atoms with Crippen molar-refractivity contribution in [1.82, 2.24) is 0 Å². The van der Waals surface area contributed by atoms with Gasteiger partial charge in [0.1, 0.15) is 5.70 Å². The summed E-state index contributed by atoms with van der Waals surface area (Å²) in [7, 11) is 0. The Morgan fingerprint density at radius 1 is 1.05 bits per heavy atom. The normalized spacial score (nSPS) is 14.7. The van der Waals surface area contributed by atoms with Crippen molar-refractivity contribution in [2.45, 2.75) is 5.75 Å². The maximum Gasteiger partial charge on any atom is 0.299 e. The summed E-state index contributed by atoms with van der Waals surface area (Å²) in [6.45, 7) is 3.46. The lowest BCUT2D eigenvalue weighted by atomic mass is 10.1. The van der Waals surface area contributed by atoms with E-state index in [1.165, 1.54) is 28.1 Å². The zero-order valence-corrected chi connectivity index (χ0v) is 11.4. The third-order valence-electron chi connectivity index (χ3n) is 2.94. The van der Waals surface area contributed by atoms with Gasteiger partial charge < -0.3 is 0 Å². The van der Waals surface area contributed by atoms with E-state index in [9.17, 15) is 4.79 Å². The van der Waals surface area contributed by atoms with E-state index in [1.807, 2.05) is 18.2 Å². The number of amides is 1. The van der Waals surface area contributed by atoms with Gasteiger partial charge in [0.25, 0.3) is 5.91 Å². The Morgan fingerprint density at radius 3 is 2.70 bits per heavy atom. The second-order valence-electron chi connectivity index (χ2n) is 4.27. The summed E-state index contributed by atoms with van der Waals surface area (Å²) in [5.41, 5.74) is 1.27. The van der Waals surface area contributed by atoms with Gasteiger partial charge in [-0.1, -0.05) is 60.8 Å². The van der Waals surface area contributed by atoms with Crippen LogP contribution in [0.1, 0.15) is 5.56 Å². The molecule has 20 heavy (non-hydrogen) atoms. The Balaban J connectivity index is 1.81. The fraction of sp³-hybridized carbons (Fsp3) is 0.0667. The molecule has 0 atom stereocenters. The molecule has 0 saturated carbocycles. The fourth-order valence-electron chi connectivity index (χ4n) is 1.94. The highest BCUT2D eigenvalue weighted by Crippen LogP contribution is 2.24. The van der Waals surface area contributed by atoms with Crippen LogP contribution < -0.4 is 0 Å². The number of fused-ring (bicyclic) bond motifs is 1. The van der Waals surface area contributed by atoms with E-state index < -0.39 is 5.91 Å². The van der Waals surface area contributed by atoms with Crippen molar-refractivity contribution in [1.29, 1.82) is 0 Å². The van der Waals surface area contributed by atoms with Crippen LogP contribution in [0.2, 0.25) is 0 Å². The molecule has 2 aromatic carbocycles. The Morgan fingerprint density at radius 2 is 1.85 bits per heavy atom. The van der Waals surface area contributed by atoms with E-state index in [0.717, 1.165) is 0 Å². The summed E-state index contributed by atoms with van der Waals surface area (Å²) < 4.78 is 0. The Bertz CT molecular complexity index is 759. The molecule has 0 aromatic heterocycles. The summed E-state index contributed by atoms with van der Waals surface area (Å²) in [5.74, 6) is 0.277. The minimum atomic E-state index is -0.416. The molecule has 0 fully saturated rings. The van der Waals surface area contributed by atoms with Crippen LogP contribution in [-0.2, 0) is 10.5 Å². The van der Waals surface area contributed by atoms with Crippen LogP contribution in [0.5, 0.6) is 0 Å². The highest BCUT2D eigenvalue weighted by Gasteiger charge is 2.13. The number of nitrogens with zero attached hydrogens (tertiary/aromatic N) is 3. The third kappa shape index (κ3) is 2.53. The SMILES string of the molecule is C=C1N=NC(SCc2cccc3ccccc23)=NC1=O. The van der Waals surface area contributed by atoms with Gasteiger partial charge >= 0.3 is 0 Å². The van der Waals surface area contributed by atoms with Gasteiger partial charge in [-0.3, -0.25) is 4.79 Å².